The number of anilines is 1. The molecule has 9 heteroatoms. The van der Waals surface area contributed by atoms with Gasteiger partial charge in [0.05, 0.1) is 18.0 Å². The van der Waals surface area contributed by atoms with Crippen LogP contribution in [-0.4, -0.2) is 58.8 Å². The van der Waals surface area contributed by atoms with Crippen molar-refractivity contribution in [3.05, 3.63) is 64.8 Å². The first-order valence-electron chi connectivity index (χ1n) is 11.4. The zero-order valence-electron chi connectivity index (χ0n) is 19.7. The van der Waals surface area contributed by atoms with Crippen molar-refractivity contribution in [2.45, 2.75) is 32.5 Å². The summed E-state index contributed by atoms with van der Waals surface area (Å²) in [6.07, 6.45) is 5.16. The summed E-state index contributed by atoms with van der Waals surface area (Å²) < 4.78 is 0. The monoisotopic (exact) mass is 478 g/mol. The summed E-state index contributed by atoms with van der Waals surface area (Å²) in [5.74, 6) is 0.353. The average molecular weight is 479 g/mol. The number of fused-ring (bicyclic) bond motifs is 3. The van der Waals surface area contributed by atoms with Gasteiger partial charge in [0.15, 0.2) is 0 Å². The molecule has 34 heavy (non-hydrogen) atoms. The third-order valence-corrected chi connectivity index (χ3v) is 6.95. The molecule has 2 aromatic heterocycles. The van der Waals surface area contributed by atoms with E-state index >= 15 is 0 Å². The molecule has 1 aromatic carbocycles. The first kappa shape index (κ1) is 23.8. The molecule has 3 aromatic rings. The van der Waals surface area contributed by atoms with Crippen molar-refractivity contribution in [2.75, 3.05) is 32.5 Å². The standard InChI is InChI=1S/C25H30N6O2S/c1-4-19(17-8-6-5-7-9-17)29-24-23-18-14-31(15-20(18)34-25(23)28-16-27-24)22(33)11-10-21(32)26-12-13-30(2)3/h5-11,16,19H,4,12-15H2,1-3H3,(H,26,32)(H,27,28,29). The summed E-state index contributed by atoms with van der Waals surface area (Å²) >= 11 is 1.60. The van der Waals surface area contributed by atoms with Crippen LogP contribution in [-0.2, 0) is 22.7 Å². The maximum Gasteiger partial charge on any atom is 0.247 e. The molecule has 1 atom stereocenters. The third kappa shape index (κ3) is 5.43. The number of carbonyl (C=O) groups excluding carboxylic acids is 2. The number of carbonyl (C=O) groups is 2. The second kappa shape index (κ2) is 10.8. The molecular weight excluding hydrogens is 448 g/mol. The molecular formula is C25H30N6O2S. The van der Waals surface area contributed by atoms with Crippen LogP contribution in [0.4, 0.5) is 5.82 Å². The van der Waals surface area contributed by atoms with E-state index in [1.807, 2.05) is 37.2 Å². The molecule has 0 fully saturated rings. The van der Waals surface area contributed by atoms with Crippen LogP contribution in [0.5, 0.6) is 0 Å². The molecule has 1 unspecified atom stereocenters. The minimum absolute atomic E-state index is 0.128. The smallest absolute Gasteiger partial charge is 0.247 e. The maximum absolute atomic E-state index is 12.7. The van der Waals surface area contributed by atoms with Crippen molar-refractivity contribution in [3.63, 3.8) is 0 Å². The van der Waals surface area contributed by atoms with E-state index in [1.54, 1.807) is 22.6 Å². The van der Waals surface area contributed by atoms with Gasteiger partial charge < -0.3 is 20.4 Å². The molecule has 0 radical (unpaired) electrons. The van der Waals surface area contributed by atoms with Crippen molar-refractivity contribution in [3.8, 4) is 0 Å². The molecule has 0 saturated carbocycles. The Kier molecular flexibility index (Phi) is 7.54. The van der Waals surface area contributed by atoms with Gasteiger partial charge in [0.2, 0.25) is 11.8 Å². The third-order valence-electron chi connectivity index (χ3n) is 5.82. The number of hydrogen-bond acceptors (Lipinski definition) is 7. The molecule has 0 aliphatic carbocycles. The number of benzene rings is 1. The van der Waals surface area contributed by atoms with Crippen molar-refractivity contribution in [2.24, 2.45) is 0 Å². The first-order chi connectivity index (χ1) is 16.5. The van der Waals surface area contributed by atoms with E-state index in [4.69, 9.17) is 0 Å². The Morgan fingerprint density at radius 1 is 1.18 bits per heavy atom. The van der Waals surface area contributed by atoms with Crippen LogP contribution in [0.25, 0.3) is 10.2 Å². The summed E-state index contributed by atoms with van der Waals surface area (Å²) in [6, 6.07) is 10.4. The fraction of sp³-hybridized carbons (Fsp3) is 0.360. The van der Waals surface area contributed by atoms with Gasteiger partial charge in [-0.3, -0.25) is 9.59 Å². The van der Waals surface area contributed by atoms with E-state index in [0.29, 0.717) is 19.6 Å². The Labute approximate surface area is 203 Å². The number of rotatable bonds is 9. The topological polar surface area (TPSA) is 90.5 Å². The van der Waals surface area contributed by atoms with Gasteiger partial charge in [-0.1, -0.05) is 37.3 Å². The quantitative estimate of drug-likeness (QED) is 0.459. The van der Waals surface area contributed by atoms with Crippen LogP contribution in [0.15, 0.2) is 48.8 Å². The van der Waals surface area contributed by atoms with Crippen LogP contribution in [0.3, 0.4) is 0 Å². The van der Waals surface area contributed by atoms with E-state index in [2.05, 4.69) is 39.7 Å². The van der Waals surface area contributed by atoms with Gasteiger partial charge in [0, 0.05) is 42.2 Å². The van der Waals surface area contributed by atoms with Gasteiger partial charge in [0.1, 0.15) is 17.0 Å². The highest BCUT2D eigenvalue weighted by Crippen LogP contribution is 2.40. The lowest BCUT2D eigenvalue weighted by atomic mass is 10.0. The molecule has 2 N–H and O–H groups in total. The van der Waals surface area contributed by atoms with E-state index in [1.165, 1.54) is 17.7 Å². The predicted octanol–water partition coefficient (Wildman–Crippen LogP) is 3.33. The summed E-state index contributed by atoms with van der Waals surface area (Å²) in [7, 11) is 3.88. The average Bonchev–Trinajstić information content (AvgIpc) is 3.39. The molecule has 0 saturated heterocycles. The summed E-state index contributed by atoms with van der Waals surface area (Å²) in [4.78, 5) is 39.5. The molecule has 0 bridgehead atoms. The molecule has 1 aliphatic rings. The Morgan fingerprint density at radius 3 is 2.71 bits per heavy atom. The number of nitrogens with zero attached hydrogens (tertiary/aromatic N) is 4. The number of amides is 2. The fourth-order valence-corrected chi connectivity index (χ4v) is 5.17. The Bertz CT molecular complexity index is 1190. The fourth-order valence-electron chi connectivity index (χ4n) is 4.00. The highest BCUT2D eigenvalue weighted by molar-refractivity contribution is 7.19. The lowest BCUT2D eigenvalue weighted by Gasteiger charge is -2.19. The largest absolute Gasteiger partial charge is 0.363 e. The van der Waals surface area contributed by atoms with Gasteiger partial charge in [-0.05, 0) is 26.1 Å². The number of nitrogens with one attached hydrogen (secondary N) is 2. The van der Waals surface area contributed by atoms with Crippen molar-refractivity contribution in [1.82, 2.24) is 25.1 Å². The van der Waals surface area contributed by atoms with E-state index < -0.39 is 0 Å². The first-order valence-corrected chi connectivity index (χ1v) is 12.2. The Morgan fingerprint density at radius 2 is 1.97 bits per heavy atom. The number of hydrogen-bond donors (Lipinski definition) is 2. The molecule has 4 rings (SSSR count). The molecule has 1 aliphatic heterocycles. The van der Waals surface area contributed by atoms with Crippen LogP contribution < -0.4 is 10.6 Å². The van der Waals surface area contributed by atoms with Crippen molar-refractivity contribution in [1.29, 1.82) is 0 Å². The number of thiophene rings is 1. The van der Waals surface area contributed by atoms with Crippen LogP contribution in [0.1, 0.15) is 35.4 Å². The van der Waals surface area contributed by atoms with Crippen LogP contribution in [0, 0.1) is 0 Å². The second-order valence-electron chi connectivity index (χ2n) is 8.54. The Hall–Kier alpha value is -3.30. The van der Waals surface area contributed by atoms with Crippen molar-refractivity contribution >= 4 is 39.2 Å². The molecule has 2 amide bonds. The van der Waals surface area contributed by atoms with Gasteiger partial charge in [-0.2, -0.15) is 0 Å². The summed E-state index contributed by atoms with van der Waals surface area (Å²) in [5, 5.41) is 7.36. The molecule has 0 spiro atoms. The van der Waals surface area contributed by atoms with Gasteiger partial charge in [-0.25, -0.2) is 9.97 Å². The van der Waals surface area contributed by atoms with Crippen molar-refractivity contribution < 1.29 is 9.59 Å². The van der Waals surface area contributed by atoms with Crippen LogP contribution >= 0.6 is 11.3 Å². The normalized spacial score (nSPS) is 14.1. The summed E-state index contributed by atoms with van der Waals surface area (Å²) in [6.45, 7) is 4.41. The minimum Gasteiger partial charge on any atom is -0.363 e. The maximum atomic E-state index is 12.7. The second-order valence-corrected chi connectivity index (χ2v) is 9.63. The Balaban J connectivity index is 1.47. The van der Waals surface area contributed by atoms with Gasteiger partial charge >= 0.3 is 0 Å². The summed E-state index contributed by atoms with van der Waals surface area (Å²) in [5.41, 5.74) is 2.29. The van der Waals surface area contributed by atoms with E-state index in [9.17, 15) is 9.59 Å². The minimum atomic E-state index is -0.263. The zero-order valence-corrected chi connectivity index (χ0v) is 20.6. The SMILES string of the molecule is CCC(Nc1ncnc2sc3c(c12)CN(C(=O)C=CC(=O)NCCN(C)C)C3)c1ccccc1. The number of likely N-dealkylation sites (N-methyl/N-ethyl adjacent to an activating group) is 1. The van der Waals surface area contributed by atoms with E-state index in [-0.39, 0.29) is 17.9 Å². The van der Waals surface area contributed by atoms with Gasteiger partial charge in [-0.15, -0.1) is 11.3 Å². The van der Waals surface area contributed by atoms with E-state index in [0.717, 1.165) is 39.4 Å². The zero-order chi connectivity index (χ0) is 24.1. The lowest BCUT2D eigenvalue weighted by Crippen LogP contribution is -2.30. The predicted molar refractivity (Wildman–Crippen MR) is 135 cm³/mol. The highest BCUT2D eigenvalue weighted by Gasteiger charge is 2.29. The molecule has 8 nitrogen and oxygen atoms in total. The lowest BCUT2D eigenvalue weighted by molar-refractivity contribution is -0.127. The van der Waals surface area contributed by atoms with Crippen LogP contribution in [0.2, 0.25) is 0 Å². The number of aromatic nitrogens is 2. The molecule has 178 valence electrons. The van der Waals surface area contributed by atoms with Gasteiger partial charge in [0.25, 0.3) is 0 Å². The molecule has 3 heterocycles. The highest BCUT2D eigenvalue weighted by atomic mass is 32.1.